The van der Waals surface area contributed by atoms with E-state index in [1.54, 1.807) is 0 Å². The van der Waals surface area contributed by atoms with Crippen molar-refractivity contribution in [3.05, 3.63) is 22.5 Å². The third-order valence-electron chi connectivity index (χ3n) is 1.88. The van der Waals surface area contributed by atoms with Crippen LogP contribution in [0.25, 0.3) is 0 Å². The predicted molar refractivity (Wildman–Crippen MR) is 53.2 cm³/mol. The normalized spacial score (nSPS) is 10.4. The summed E-state index contributed by atoms with van der Waals surface area (Å²) in [6.07, 6.45) is 0. The van der Waals surface area contributed by atoms with E-state index in [1.807, 2.05) is 19.2 Å². The number of anilines is 1. The Morgan fingerprint density at radius 2 is 2.36 bits per heavy atom. The van der Waals surface area contributed by atoms with Crippen LogP contribution in [0.4, 0.5) is 5.69 Å². The van der Waals surface area contributed by atoms with Gasteiger partial charge >= 0.3 is 0 Å². The predicted octanol–water partition coefficient (Wildman–Crippen LogP) is 1.76. The summed E-state index contributed by atoms with van der Waals surface area (Å²) in [7, 11) is 0. The van der Waals surface area contributed by atoms with Crippen molar-refractivity contribution in [1.82, 2.24) is 14.7 Å². The van der Waals surface area contributed by atoms with E-state index in [2.05, 4.69) is 20.1 Å². The molecule has 0 saturated heterocycles. The van der Waals surface area contributed by atoms with Gasteiger partial charge in [-0.1, -0.05) is 9.64 Å². The summed E-state index contributed by atoms with van der Waals surface area (Å²) in [6, 6.07) is 0. The molecule has 0 amide bonds. The van der Waals surface area contributed by atoms with E-state index < -0.39 is 0 Å². The van der Waals surface area contributed by atoms with Gasteiger partial charge in [0.2, 0.25) is 0 Å². The summed E-state index contributed by atoms with van der Waals surface area (Å²) >= 11 is 1.35. The van der Waals surface area contributed by atoms with Crippen molar-refractivity contribution < 1.29 is 4.52 Å². The first-order valence-corrected chi connectivity index (χ1v) is 5.03. The summed E-state index contributed by atoms with van der Waals surface area (Å²) in [5.41, 5.74) is 2.73. The monoisotopic (exact) mass is 210 g/mol. The number of nitrogens with zero attached hydrogens (tertiary/aromatic N) is 3. The number of aryl methyl sites for hydroxylation is 2. The Hall–Kier alpha value is -1.43. The number of nitrogens with one attached hydrogen (secondary N) is 1. The quantitative estimate of drug-likeness (QED) is 0.836. The second-order valence-electron chi connectivity index (χ2n) is 2.95. The van der Waals surface area contributed by atoms with Crippen LogP contribution in [0.15, 0.2) is 9.90 Å². The first-order valence-electron chi connectivity index (χ1n) is 4.20. The Balaban J connectivity index is 2.05. The Labute approximate surface area is 85.3 Å². The van der Waals surface area contributed by atoms with Crippen LogP contribution in [0.2, 0.25) is 0 Å². The van der Waals surface area contributed by atoms with Crippen molar-refractivity contribution in [2.45, 2.75) is 20.4 Å². The molecule has 0 unspecified atom stereocenters. The summed E-state index contributed by atoms with van der Waals surface area (Å²) in [6.45, 7) is 4.43. The molecule has 2 heterocycles. The topological polar surface area (TPSA) is 63.8 Å². The van der Waals surface area contributed by atoms with Crippen LogP contribution in [-0.4, -0.2) is 14.7 Å². The van der Waals surface area contributed by atoms with Crippen molar-refractivity contribution >= 4 is 17.2 Å². The van der Waals surface area contributed by atoms with Crippen LogP contribution in [0.3, 0.4) is 0 Å². The van der Waals surface area contributed by atoms with Crippen LogP contribution in [0.5, 0.6) is 0 Å². The van der Waals surface area contributed by atoms with Gasteiger partial charge in [-0.05, 0) is 25.4 Å². The van der Waals surface area contributed by atoms with E-state index in [0.717, 1.165) is 22.8 Å². The van der Waals surface area contributed by atoms with Gasteiger partial charge in [-0.25, -0.2) is 0 Å². The highest BCUT2D eigenvalue weighted by Crippen LogP contribution is 2.19. The van der Waals surface area contributed by atoms with Crippen molar-refractivity contribution in [2.75, 3.05) is 5.32 Å². The van der Waals surface area contributed by atoms with Gasteiger partial charge in [0.15, 0.2) is 5.76 Å². The number of hydrogen-bond donors (Lipinski definition) is 1. The Kier molecular flexibility index (Phi) is 2.45. The highest BCUT2D eigenvalue weighted by Gasteiger charge is 2.08. The molecule has 1 N–H and O–H groups in total. The molecule has 0 radical (unpaired) electrons. The van der Waals surface area contributed by atoms with Gasteiger partial charge in [0.25, 0.3) is 0 Å². The second kappa shape index (κ2) is 3.75. The minimum Gasteiger partial charge on any atom is -0.375 e. The molecule has 0 aliphatic rings. The van der Waals surface area contributed by atoms with E-state index in [4.69, 9.17) is 4.52 Å². The van der Waals surface area contributed by atoms with E-state index in [9.17, 15) is 0 Å². The highest BCUT2D eigenvalue weighted by atomic mass is 32.1. The second-order valence-corrected chi connectivity index (χ2v) is 3.56. The van der Waals surface area contributed by atoms with Crippen LogP contribution in [-0.2, 0) is 6.54 Å². The Bertz CT molecular complexity index is 389. The maximum absolute atomic E-state index is 5.02. The molecule has 2 aromatic rings. The molecule has 0 fully saturated rings. The van der Waals surface area contributed by atoms with E-state index in [1.165, 1.54) is 11.5 Å². The SMILES string of the molecule is Cc1noc(C)c1NCc1csnn1. The zero-order valence-electron chi connectivity index (χ0n) is 7.94. The molecule has 0 aliphatic carbocycles. The lowest BCUT2D eigenvalue weighted by Crippen LogP contribution is -2.01. The maximum Gasteiger partial charge on any atom is 0.157 e. The molecular formula is C8H10N4OS. The zero-order chi connectivity index (χ0) is 9.97. The molecule has 2 rings (SSSR count). The Morgan fingerprint density at radius 3 is 2.93 bits per heavy atom. The van der Waals surface area contributed by atoms with Crippen molar-refractivity contribution in [3.8, 4) is 0 Å². The number of aromatic nitrogens is 3. The molecule has 0 atom stereocenters. The van der Waals surface area contributed by atoms with E-state index in [0.29, 0.717) is 6.54 Å². The van der Waals surface area contributed by atoms with Gasteiger partial charge in [-0.15, -0.1) is 5.10 Å². The molecule has 2 aromatic heterocycles. The van der Waals surface area contributed by atoms with Crippen LogP contribution in [0, 0.1) is 13.8 Å². The minimum absolute atomic E-state index is 0.652. The number of rotatable bonds is 3. The van der Waals surface area contributed by atoms with Crippen molar-refractivity contribution in [1.29, 1.82) is 0 Å². The fourth-order valence-electron chi connectivity index (χ4n) is 1.18. The fourth-order valence-corrected chi connectivity index (χ4v) is 1.63. The number of hydrogen-bond acceptors (Lipinski definition) is 6. The summed E-state index contributed by atoms with van der Waals surface area (Å²) in [5, 5.41) is 12.9. The first-order chi connectivity index (χ1) is 6.77. The molecule has 14 heavy (non-hydrogen) atoms. The van der Waals surface area contributed by atoms with Gasteiger partial charge < -0.3 is 9.84 Å². The highest BCUT2D eigenvalue weighted by molar-refractivity contribution is 7.03. The summed E-state index contributed by atoms with van der Waals surface area (Å²) in [5.74, 6) is 0.797. The molecule has 0 spiro atoms. The van der Waals surface area contributed by atoms with Gasteiger partial charge in [0.05, 0.1) is 12.2 Å². The fraction of sp³-hybridized carbons (Fsp3) is 0.375. The van der Waals surface area contributed by atoms with Gasteiger partial charge in [0, 0.05) is 5.38 Å². The van der Waals surface area contributed by atoms with Crippen molar-refractivity contribution in [2.24, 2.45) is 0 Å². The molecule has 74 valence electrons. The molecule has 0 aliphatic heterocycles. The standard InChI is InChI=1S/C8H10N4OS/c1-5-8(6(2)13-11-5)9-3-7-4-14-12-10-7/h4,9H,3H2,1-2H3. The van der Waals surface area contributed by atoms with Crippen LogP contribution < -0.4 is 5.32 Å². The summed E-state index contributed by atoms with van der Waals surface area (Å²) in [4.78, 5) is 0. The molecule has 0 bridgehead atoms. The third-order valence-corrected chi connectivity index (χ3v) is 2.44. The van der Waals surface area contributed by atoms with Gasteiger partial charge in [-0.2, -0.15) is 0 Å². The smallest absolute Gasteiger partial charge is 0.157 e. The van der Waals surface area contributed by atoms with E-state index in [-0.39, 0.29) is 0 Å². The minimum atomic E-state index is 0.652. The third kappa shape index (κ3) is 1.74. The maximum atomic E-state index is 5.02. The first kappa shape index (κ1) is 9.14. The lowest BCUT2D eigenvalue weighted by Gasteiger charge is -2.01. The lowest BCUT2D eigenvalue weighted by atomic mass is 10.3. The molecule has 6 heteroatoms. The average Bonchev–Trinajstić information content (AvgIpc) is 2.76. The average molecular weight is 210 g/mol. The van der Waals surface area contributed by atoms with E-state index >= 15 is 0 Å². The van der Waals surface area contributed by atoms with Crippen LogP contribution >= 0.6 is 11.5 Å². The van der Waals surface area contributed by atoms with Crippen molar-refractivity contribution in [3.63, 3.8) is 0 Å². The lowest BCUT2D eigenvalue weighted by molar-refractivity contribution is 0.393. The van der Waals surface area contributed by atoms with Gasteiger partial charge in [-0.3, -0.25) is 0 Å². The largest absolute Gasteiger partial charge is 0.375 e. The molecule has 0 saturated carbocycles. The Morgan fingerprint density at radius 1 is 1.50 bits per heavy atom. The summed E-state index contributed by atoms with van der Waals surface area (Å²) < 4.78 is 8.80. The zero-order valence-corrected chi connectivity index (χ0v) is 8.76. The molecule has 0 aromatic carbocycles. The molecular weight excluding hydrogens is 200 g/mol. The molecule has 5 nitrogen and oxygen atoms in total. The van der Waals surface area contributed by atoms with Crippen LogP contribution in [0.1, 0.15) is 17.1 Å². The van der Waals surface area contributed by atoms with Gasteiger partial charge in [0.1, 0.15) is 11.4 Å².